The number of aromatic nitrogens is 3. The Morgan fingerprint density at radius 1 is 1.20 bits per heavy atom. The molecule has 0 aliphatic rings. The van der Waals surface area contributed by atoms with Gasteiger partial charge in [-0.2, -0.15) is 18.2 Å². The third-order valence-corrected chi connectivity index (χ3v) is 2.69. The summed E-state index contributed by atoms with van der Waals surface area (Å²) < 4.78 is 53.3. The average molecular weight is 288 g/mol. The van der Waals surface area contributed by atoms with Crippen molar-refractivity contribution in [3.8, 4) is 11.4 Å². The highest BCUT2D eigenvalue weighted by Gasteiger charge is 2.35. The zero-order chi connectivity index (χ0) is 15.1. The molecule has 0 saturated heterocycles. The van der Waals surface area contributed by atoms with Crippen molar-refractivity contribution in [3.05, 3.63) is 29.6 Å². The number of alkyl halides is 3. The second kappa shape index (κ2) is 4.77. The first kappa shape index (κ1) is 14.3. The molecule has 1 heterocycles. The zero-order valence-electron chi connectivity index (χ0n) is 11.0. The van der Waals surface area contributed by atoms with Gasteiger partial charge in [-0.25, -0.2) is 9.07 Å². The molecular weight excluding hydrogens is 276 g/mol. The van der Waals surface area contributed by atoms with E-state index in [2.05, 4.69) is 10.1 Å². The Kier molecular flexibility index (Phi) is 3.41. The van der Waals surface area contributed by atoms with Crippen LogP contribution in [-0.4, -0.2) is 28.9 Å². The molecule has 0 aliphatic carbocycles. The minimum absolute atomic E-state index is 0.0835. The number of hydrogen-bond donors (Lipinski definition) is 0. The number of benzene rings is 1. The van der Waals surface area contributed by atoms with E-state index in [0.717, 1.165) is 6.07 Å². The maximum absolute atomic E-state index is 14.0. The van der Waals surface area contributed by atoms with E-state index in [1.165, 1.54) is 10.7 Å². The third kappa shape index (κ3) is 2.45. The van der Waals surface area contributed by atoms with Crippen LogP contribution in [0.1, 0.15) is 5.56 Å². The first-order valence-electron chi connectivity index (χ1n) is 5.66. The van der Waals surface area contributed by atoms with Gasteiger partial charge in [-0.15, -0.1) is 5.10 Å². The summed E-state index contributed by atoms with van der Waals surface area (Å²) in [5.74, 6) is -1.03. The number of halogens is 4. The van der Waals surface area contributed by atoms with E-state index in [4.69, 9.17) is 0 Å². The molecule has 0 spiro atoms. The third-order valence-electron chi connectivity index (χ3n) is 2.69. The molecule has 0 amide bonds. The smallest absolute Gasteiger partial charge is 0.347 e. The van der Waals surface area contributed by atoms with Crippen molar-refractivity contribution in [3.63, 3.8) is 0 Å². The molecular formula is C12H12F4N4. The molecule has 0 aliphatic heterocycles. The summed E-state index contributed by atoms with van der Waals surface area (Å²) in [5, 5.41) is 3.94. The van der Waals surface area contributed by atoms with Crippen LogP contribution < -0.4 is 4.90 Å². The average Bonchev–Trinajstić information content (AvgIpc) is 2.70. The largest absolute Gasteiger partial charge is 0.419 e. The molecule has 108 valence electrons. The van der Waals surface area contributed by atoms with Gasteiger partial charge < -0.3 is 4.90 Å². The van der Waals surface area contributed by atoms with Crippen LogP contribution in [0.2, 0.25) is 0 Å². The lowest BCUT2D eigenvalue weighted by molar-refractivity contribution is -0.139. The standard InChI is InChI=1S/C12H12F4N4/c1-19(2)11-17-10(18-20(11)3)7-5-4-6-8(9(7)13)12(14,15)16/h4-6H,1-3H3. The van der Waals surface area contributed by atoms with E-state index in [9.17, 15) is 17.6 Å². The molecule has 1 aromatic carbocycles. The van der Waals surface area contributed by atoms with Gasteiger partial charge in [-0.05, 0) is 12.1 Å². The Bertz CT molecular complexity index is 631. The zero-order valence-corrected chi connectivity index (χ0v) is 11.0. The predicted octanol–water partition coefficient (Wildman–Crippen LogP) is 2.71. The van der Waals surface area contributed by atoms with Crippen LogP contribution in [0.3, 0.4) is 0 Å². The number of nitrogens with zero attached hydrogens (tertiary/aromatic N) is 4. The van der Waals surface area contributed by atoms with Crippen LogP contribution in [0.5, 0.6) is 0 Å². The molecule has 1 aromatic heterocycles. The highest BCUT2D eigenvalue weighted by Crippen LogP contribution is 2.34. The van der Waals surface area contributed by atoms with Crippen molar-refractivity contribution in [2.45, 2.75) is 6.18 Å². The van der Waals surface area contributed by atoms with E-state index >= 15 is 0 Å². The Morgan fingerprint density at radius 2 is 1.85 bits per heavy atom. The Hall–Kier alpha value is -2.12. The molecule has 0 N–H and O–H groups in total. The monoisotopic (exact) mass is 288 g/mol. The van der Waals surface area contributed by atoms with Crippen LogP contribution in [0.25, 0.3) is 11.4 Å². The highest BCUT2D eigenvalue weighted by atomic mass is 19.4. The fourth-order valence-electron chi connectivity index (χ4n) is 1.80. The second-order valence-corrected chi connectivity index (χ2v) is 4.42. The molecule has 2 rings (SSSR count). The number of aryl methyl sites for hydroxylation is 1. The Morgan fingerprint density at radius 3 is 2.35 bits per heavy atom. The first-order valence-corrected chi connectivity index (χ1v) is 5.66. The Labute approximate surface area is 112 Å². The van der Waals surface area contributed by atoms with Crippen molar-refractivity contribution in [1.82, 2.24) is 14.8 Å². The summed E-state index contributed by atoms with van der Waals surface area (Å²) in [5.41, 5.74) is -1.60. The molecule has 8 heteroatoms. The van der Waals surface area contributed by atoms with Gasteiger partial charge in [0.1, 0.15) is 5.82 Å². The molecule has 0 unspecified atom stereocenters. The van der Waals surface area contributed by atoms with E-state index < -0.39 is 17.6 Å². The summed E-state index contributed by atoms with van der Waals surface area (Å²) in [7, 11) is 4.99. The molecule has 0 bridgehead atoms. The minimum atomic E-state index is -4.75. The SMILES string of the molecule is CN(C)c1nc(-c2cccc(C(F)(F)F)c2F)nn1C. The number of rotatable bonds is 2. The lowest BCUT2D eigenvalue weighted by atomic mass is 10.1. The predicted molar refractivity (Wildman–Crippen MR) is 65.7 cm³/mol. The molecule has 0 atom stereocenters. The first-order chi connectivity index (χ1) is 9.21. The fourth-order valence-corrected chi connectivity index (χ4v) is 1.80. The fraction of sp³-hybridized carbons (Fsp3) is 0.333. The van der Waals surface area contributed by atoms with Crippen LogP contribution in [0.15, 0.2) is 18.2 Å². The van der Waals surface area contributed by atoms with Crippen molar-refractivity contribution in [2.75, 3.05) is 19.0 Å². The van der Waals surface area contributed by atoms with Gasteiger partial charge in [0.2, 0.25) is 5.95 Å². The summed E-state index contributed by atoms with van der Waals surface area (Å²) in [4.78, 5) is 5.66. The summed E-state index contributed by atoms with van der Waals surface area (Å²) in [6, 6.07) is 3.04. The lowest BCUT2D eigenvalue weighted by Gasteiger charge is -2.09. The van der Waals surface area contributed by atoms with Gasteiger partial charge >= 0.3 is 6.18 Å². The van der Waals surface area contributed by atoms with Gasteiger partial charge in [0.05, 0.1) is 11.1 Å². The van der Waals surface area contributed by atoms with Crippen LogP contribution in [-0.2, 0) is 13.2 Å². The summed E-state index contributed by atoms with van der Waals surface area (Å²) in [6.45, 7) is 0. The van der Waals surface area contributed by atoms with E-state index in [1.807, 2.05) is 0 Å². The second-order valence-electron chi connectivity index (χ2n) is 4.42. The van der Waals surface area contributed by atoms with Crippen molar-refractivity contribution in [1.29, 1.82) is 0 Å². The minimum Gasteiger partial charge on any atom is -0.347 e. The van der Waals surface area contributed by atoms with Crippen LogP contribution in [0.4, 0.5) is 23.5 Å². The van der Waals surface area contributed by atoms with E-state index in [-0.39, 0.29) is 11.4 Å². The molecule has 0 saturated carbocycles. The molecule has 0 radical (unpaired) electrons. The topological polar surface area (TPSA) is 34.0 Å². The van der Waals surface area contributed by atoms with E-state index in [0.29, 0.717) is 12.0 Å². The Balaban J connectivity index is 2.57. The van der Waals surface area contributed by atoms with E-state index in [1.54, 1.807) is 26.0 Å². The quantitative estimate of drug-likeness (QED) is 0.797. The normalized spacial score (nSPS) is 11.8. The van der Waals surface area contributed by atoms with Gasteiger partial charge in [0.15, 0.2) is 5.82 Å². The molecule has 20 heavy (non-hydrogen) atoms. The van der Waals surface area contributed by atoms with Crippen molar-refractivity contribution < 1.29 is 17.6 Å². The molecule has 4 nitrogen and oxygen atoms in total. The van der Waals surface area contributed by atoms with Crippen molar-refractivity contribution in [2.24, 2.45) is 7.05 Å². The van der Waals surface area contributed by atoms with Gasteiger partial charge in [-0.3, -0.25) is 0 Å². The molecule has 0 fully saturated rings. The van der Waals surface area contributed by atoms with Gasteiger partial charge in [0.25, 0.3) is 0 Å². The number of anilines is 1. The summed E-state index contributed by atoms with van der Waals surface area (Å²) in [6.07, 6.45) is -4.75. The van der Waals surface area contributed by atoms with Crippen molar-refractivity contribution >= 4 is 5.95 Å². The highest BCUT2D eigenvalue weighted by molar-refractivity contribution is 5.59. The summed E-state index contributed by atoms with van der Waals surface area (Å²) >= 11 is 0. The van der Waals surface area contributed by atoms with Gasteiger partial charge in [-0.1, -0.05) is 6.07 Å². The van der Waals surface area contributed by atoms with Crippen LogP contribution >= 0.6 is 0 Å². The maximum Gasteiger partial charge on any atom is 0.419 e. The van der Waals surface area contributed by atoms with Crippen LogP contribution in [0, 0.1) is 5.82 Å². The maximum atomic E-state index is 14.0. The molecule has 2 aromatic rings. The lowest BCUT2D eigenvalue weighted by Crippen LogP contribution is -2.14. The number of hydrogen-bond acceptors (Lipinski definition) is 3. The van der Waals surface area contributed by atoms with Gasteiger partial charge in [0, 0.05) is 21.1 Å².